The first-order valence-corrected chi connectivity index (χ1v) is 7.25. The third kappa shape index (κ3) is 2.52. The molecule has 2 unspecified atom stereocenters. The van der Waals surface area contributed by atoms with Gasteiger partial charge in [-0.2, -0.15) is 5.10 Å². The van der Waals surface area contributed by atoms with Gasteiger partial charge in [0.2, 0.25) is 0 Å². The van der Waals surface area contributed by atoms with Crippen LogP contribution in [0.4, 0.5) is 0 Å². The van der Waals surface area contributed by atoms with E-state index in [0.717, 1.165) is 18.1 Å². The molecular formula is C15H17ClN2O2. The van der Waals surface area contributed by atoms with Crippen molar-refractivity contribution < 1.29 is 9.53 Å². The third-order valence-corrected chi connectivity index (χ3v) is 4.45. The average Bonchev–Trinajstić information content (AvgIpc) is 3.07. The lowest BCUT2D eigenvalue weighted by molar-refractivity contribution is 0.0951. The molecule has 4 nitrogen and oxygen atoms in total. The van der Waals surface area contributed by atoms with E-state index in [4.69, 9.17) is 16.3 Å². The second-order valence-electron chi connectivity index (χ2n) is 5.47. The van der Waals surface area contributed by atoms with Gasteiger partial charge in [0.15, 0.2) is 0 Å². The Morgan fingerprint density at radius 3 is 2.95 bits per heavy atom. The molecule has 2 atom stereocenters. The van der Waals surface area contributed by atoms with E-state index in [2.05, 4.69) is 10.5 Å². The maximum Gasteiger partial charge on any atom is 0.275 e. The highest BCUT2D eigenvalue weighted by Gasteiger charge is 2.36. The van der Waals surface area contributed by atoms with E-state index in [-0.39, 0.29) is 5.91 Å². The first-order chi connectivity index (χ1) is 9.67. The Morgan fingerprint density at radius 1 is 1.45 bits per heavy atom. The van der Waals surface area contributed by atoms with Crippen LogP contribution in [0.25, 0.3) is 0 Å². The van der Waals surface area contributed by atoms with Crippen LogP contribution < -0.4 is 10.2 Å². The van der Waals surface area contributed by atoms with Gasteiger partial charge in [0.25, 0.3) is 5.91 Å². The minimum atomic E-state index is -0.278. The van der Waals surface area contributed by atoms with Crippen molar-refractivity contribution in [1.82, 2.24) is 5.43 Å². The number of nitrogens with one attached hydrogen (secondary N) is 1. The van der Waals surface area contributed by atoms with Gasteiger partial charge < -0.3 is 4.74 Å². The summed E-state index contributed by atoms with van der Waals surface area (Å²) in [7, 11) is 1.53. The zero-order valence-corrected chi connectivity index (χ0v) is 12.1. The fourth-order valence-electron chi connectivity index (χ4n) is 3.20. The summed E-state index contributed by atoms with van der Waals surface area (Å²) in [6.45, 7) is 0. The SMILES string of the molecule is COc1ccc(Cl)cc1C(=O)N/N=C1/CC2CCC1C2. The highest BCUT2D eigenvalue weighted by atomic mass is 35.5. The van der Waals surface area contributed by atoms with Crippen LogP contribution >= 0.6 is 11.6 Å². The number of benzene rings is 1. The van der Waals surface area contributed by atoms with E-state index < -0.39 is 0 Å². The largest absolute Gasteiger partial charge is 0.496 e. The molecule has 3 rings (SSSR count). The Morgan fingerprint density at radius 2 is 2.30 bits per heavy atom. The molecule has 5 heteroatoms. The minimum Gasteiger partial charge on any atom is -0.496 e. The molecule has 20 heavy (non-hydrogen) atoms. The molecule has 0 aromatic heterocycles. The summed E-state index contributed by atoms with van der Waals surface area (Å²) in [5, 5.41) is 4.81. The van der Waals surface area contributed by atoms with E-state index in [1.807, 2.05) is 0 Å². The predicted molar refractivity (Wildman–Crippen MR) is 78.4 cm³/mol. The van der Waals surface area contributed by atoms with Crippen LogP contribution in [-0.4, -0.2) is 18.7 Å². The highest BCUT2D eigenvalue weighted by Crippen LogP contribution is 2.42. The van der Waals surface area contributed by atoms with Crippen molar-refractivity contribution in [3.8, 4) is 5.75 Å². The van der Waals surface area contributed by atoms with Crippen molar-refractivity contribution >= 4 is 23.2 Å². The standard InChI is InChI=1S/C15H17ClN2O2/c1-20-14-5-4-11(16)8-12(14)15(19)18-17-13-7-9-2-3-10(13)6-9/h4-5,8-10H,2-3,6-7H2,1H3,(H,18,19)/b17-13-. The molecule has 1 amide bonds. The van der Waals surface area contributed by atoms with E-state index in [9.17, 15) is 4.79 Å². The second kappa shape index (κ2) is 5.44. The van der Waals surface area contributed by atoms with Crippen LogP contribution in [0.1, 0.15) is 36.0 Å². The number of hydrazone groups is 1. The van der Waals surface area contributed by atoms with Crippen molar-refractivity contribution in [2.45, 2.75) is 25.7 Å². The molecule has 1 aromatic carbocycles. The Labute approximate surface area is 123 Å². The zero-order valence-electron chi connectivity index (χ0n) is 11.4. The summed E-state index contributed by atoms with van der Waals surface area (Å²) in [5.74, 6) is 1.57. The molecule has 106 valence electrons. The van der Waals surface area contributed by atoms with Gasteiger partial charge in [-0.3, -0.25) is 4.79 Å². The minimum absolute atomic E-state index is 0.278. The van der Waals surface area contributed by atoms with Crippen molar-refractivity contribution in [2.75, 3.05) is 7.11 Å². The zero-order chi connectivity index (χ0) is 14.1. The lowest BCUT2D eigenvalue weighted by atomic mass is 9.99. The first kappa shape index (κ1) is 13.4. The Kier molecular flexibility index (Phi) is 3.66. The number of hydrogen-bond donors (Lipinski definition) is 1. The van der Waals surface area contributed by atoms with Gasteiger partial charge >= 0.3 is 0 Å². The fourth-order valence-corrected chi connectivity index (χ4v) is 3.37. The molecule has 1 aromatic rings. The van der Waals surface area contributed by atoms with E-state index in [1.165, 1.54) is 26.4 Å². The number of methoxy groups -OCH3 is 1. The highest BCUT2D eigenvalue weighted by molar-refractivity contribution is 6.31. The summed E-state index contributed by atoms with van der Waals surface area (Å²) in [4.78, 5) is 12.2. The van der Waals surface area contributed by atoms with Crippen molar-refractivity contribution in [3.63, 3.8) is 0 Å². The quantitative estimate of drug-likeness (QED) is 0.870. The molecule has 2 saturated carbocycles. The molecule has 2 aliphatic carbocycles. The molecule has 2 fully saturated rings. The Hall–Kier alpha value is -1.55. The van der Waals surface area contributed by atoms with E-state index in [0.29, 0.717) is 22.3 Å². The van der Waals surface area contributed by atoms with Gasteiger partial charge in [0.05, 0.1) is 12.7 Å². The lowest BCUT2D eigenvalue weighted by Crippen LogP contribution is -2.22. The van der Waals surface area contributed by atoms with Crippen LogP contribution in [0.15, 0.2) is 23.3 Å². The van der Waals surface area contributed by atoms with Crippen molar-refractivity contribution in [3.05, 3.63) is 28.8 Å². The monoisotopic (exact) mass is 292 g/mol. The predicted octanol–water partition coefficient (Wildman–Crippen LogP) is 3.25. The number of nitrogens with zero attached hydrogens (tertiary/aromatic N) is 1. The number of hydrogen-bond acceptors (Lipinski definition) is 3. The summed E-state index contributed by atoms with van der Waals surface area (Å²) >= 11 is 5.93. The van der Waals surface area contributed by atoms with Gasteiger partial charge in [-0.15, -0.1) is 0 Å². The number of amides is 1. The van der Waals surface area contributed by atoms with Crippen LogP contribution in [0.2, 0.25) is 5.02 Å². The molecule has 0 aliphatic heterocycles. The van der Waals surface area contributed by atoms with Crippen molar-refractivity contribution in [1.29, 1.82) is 0 Å². The van der Waals surface area contributed by atoms with Gasteiger partial charge in [-0.05, 0) is 55.7 Å². The molecule has 2 aliphatic rings. The summed E-state index contributed by atoms with van der Waals surface area (Å²) in [6, 6.07) is 4.97. The number of carbonyl (C=O) groups excluding carboxylic acids is 1. The number of ether oxygens (including phenoxy) is 1. The normalized spacial score (nSPS) is 26.0. The topological polar surface area (TPSA) is 50.7 Å². The lowest BCUT2D eigenvalue weighted by Gasteiger charge is -2.12. The number of rotatable bonds is 3. The summed E-state index contributed by atoms with van der Waals surface area (Å²) in [5.41, 5.74) is 4.18. The third-order valence-electron chi connectivity index (χ3n) is 4.22. The van der Waals surface area contributed by atoms with Gasteiger partial charge in [-0.25, -0.2) is 5.43 Å². The van der Waals surface area contributed by atoms with E-state index >= 15 is 0 Å². The molecule has 0 spiro atoms. The number of halogens is 1. The first-order valence-electron chi connectivity index (χ1n) is 6.87. The Bertz CT molecular complexity index is 571. The fraction of sp³-hybridized carbons (Fsp3) is 0.467. The molecule has 0 heterocycles. The van der Waals surface area contributed by atoms with Crippen LogP contribution in [-0.2, 0) is 0 Å². The van der Waals surface area contributed by atoms with Gasteiger partial charge in [-0.1, -0.05) is 11.6 Å². The molecular weight excluding hydrogens is 276 g/mol. The maximum atomic E-state index is 12.2. The van der Waals surface area contributed by atoms with Gasteiger partial charge in [0, 0.05) is 10.7 Å². The van der Waals surface area contributed by atoms with Crippen LogP contribution in [0.3, 0.4) is 0 Å². The van der Waals surface area contributed by atoms with Crippen LogP contribution in [0, 0.1) is 11.8 Å². The molecule has 0 radical (unpaired) electrons. The van der Waals surface area contributed by atoms with Gasteiger partial charge in [0.1, 0.15) is 5.75 Å². The second-order valence-corrected chi connectivity index (χ2v) is 5.91. The number of fused-ring (bicyclic) bond motifs is 2. The van der Waals surface area contributed by atoms with E-state index in [1.54, 1.807) is 18.2 Å². The summed E-state index contributed by atoms with van der Waals surface area (Å²) in [6.07, 6.45) is 4.77. The summed E-state index contributed by atoms with van der Waals surface area (Å²) < 4.78 is 5.17. The molecule has 2 bridgehead atoms. The van der Waals surface area contributed by atoms with Crippen molar-refractivity contribution in [2.24, 2.45) is 16.9 Å². The smallest absolute Gasteiger partial charge is 0.275 e. The number of carbonyl (C=O) groups is 1. The average molecular weight is 293 g/mol. The Balaban J connectivity index is 1.73. The molecule has 1 N–H and O–H groups in total. The van der Waals surface area contributed by atoms with Crippen LogP contribution in [0.5, 0.6) is 5.75 Å². The maximum absolute atomic E-state index is 12.2. The molecule has 0 saturated heterocycles.